The molecule has 0 spiro atoms. The largest absolute Gasteiger partial charge is 0.401 e. The molecule has 116 valence electrons. The van der Waals surface area contributed by atoms with Crippen LogP contribution in [0.3, 0.4) is 0 Å². The van der Waals surface area contributed by atoms with Crippen LogP contribution in [-0.2, 0) is 9.47 Å². The first kappa shape index (κ1) is 18.6. The molecule has 0 aliphatic heterocycles. The van der Waals surface area contributed by atoms with Gasteiger partial charge in [0.15, 0.2) is 0 Å². The van der Waals surface area contributed by atoms with Gasteiger partial charge in [0, 0.05) is 39.4 Å². The second-order valence-corrected chi connectivity index (χ2v) is 4.03. The van der Waals surface area contributed by atoms with E-state index in [4.69, 9.17) is 9.47 Å². The first-order valence-electron chi connectivity index (χ1n) is 6.65. The van der Waals surface area contributed by atoms with E-state index in [1.165, 1.54) is 0 Å². The summed E-state index contributed by atoms with van der Waals surface area (Å²) in [6.45, 7) is 7.60. The molecule has 0 aromatic heterocycles. The molecule has 0 amide bonds. The molecule has 1 N–H and O–H groups in total. The van der Waals surface area contributed by atoms with Gasteiger partial charge in [-0.3, -0.25) is 4.90 Å². The number of rotatable bonds is 12. The van der Waals surface area contributed by atoms with Crippen molar-refractivity contribution in [2.24, 2.45) is 0 Å². The quantitative estimate of drug-likeness (QED) is 0.552. The third-order valence-corrected chi connectivity index (χ3v) is 2.44. The van der Waals surface area contributed by atoms with Crippen molar-refractivity contribution in [1.29, 1.82) is 0 Å². The Morgan fingerprint density at radius 3 is 1.89 bits per heavy atom. The molecule has 7 heteroatoms. The molecule has 0 saturated carbocycles. The van der Waals surface area contributed by atoms with Gasteiger partial charge >= 0.3 is 6.18 Å². The van der Waals surface area contributed by atoms with Gasteiger partial charge in [-0.15, -0.1) is 0 Å². The highest BCUT2D eigenvalue weighted by atomic mass is 19.4. The van der Waals surface area contributed by atoms with Crippen molar-refractivity contribution in [2.45, 2.75) is 20.0 Å². The van der Waals surface area contributed by atoms with Crippen LogP contribution in [0.15, 0.2) is 0 Å². The van der Waals surface area contributed by atoms with Crippen molar-refractivity contribution < 1.29 is 22.6 Å². The normalized spacial score (nSPS) is 12.3. The number of nitrogens with one attached hydrogen (secondary N) is 1. The van der Waals surface area contributed by atoms with Crippen molar-refractivity contribution in [1.82, 2.24) is 10.2 Å². The van der Waals surface area contributed by atoms with Crippen LogP contribution in [0.25, 0.3) is 0 Å². The molecular formula is C12H25F3N2O2. The van der Waals surface area contributed by atoms with Gasteiger partial charge in [0.25, 0.3) is 0 Å². The highest BCUT2D eigenvalue weighted by Gasteiger charge is 2.26. The number of hydrogen-bond acceptors (Lipinski definition) is 4. The molecule has 0 aliphatic rings. The number of halogens is 3. The summed E-state index contributed by atoms with van der Waals surface area (Å²) in [7, 11) is 0. The number of nitrogens with zero attached hydrogens (tertiary/aromatic N) is 1. The Morgan fingerprint density at radius 2 is 1.47 bits per heavy atom. The fourth-order valence-electron chi connectivity index (χ4n) is 1.48. The minimum absolute atomic E-state index is 0.303. The molecule has 19 heavy (non-hydrogen) atoms. The molecular weight excluding hydrogens is 261 g/mol. The third kappa shape index (κ3) is 13.9. The van der Waals surface area contributed by atoms with Crippen LogP contribution < -0.4 is 5.32 Å². The Labute approximate surface area is 113 Å². The molecule has 0 radical (unpaired) electrons. The summed E-state index contributed by atoms with van der Waals surface area (Å²) in [5.74, 6) is 0. The van der Waals surface area contributed by atoms with Gasteiger partial charge in [-0.1, -0.05) is 0 Å². The van der Waals surface area contributed by atoms with Crippen LogP contribution in [0.2, 0.25) is 0 Å². The molecule has 4 nitrogen and oxygen atoms in total. The van der Waals surface area contributed by atoms with E-state index in [1.807, 2.05) is 18.7 Å². The van der Waals surface area contributed by atoms with Crippen LogP contribution in [0.5, 0.6) is 0 Å². The van der Waals surface area contributed by atoms with Gasteiger partial charge in [-0.05, 0) is 13.8 Å². The van der Waals surface area contributed by atoms with Crippen molar-refractivity contribution in [3.05, 3.63) is 0 Å². The zero-order valence-electron chi connectivity index (χ0n) is 11.8. The summed E-state index contributed by atoms with van der Waals surface area (Å²) in [5.41, 5.74) is 0. The third-order valence-electron chi connectivity index (χ3n) is 2.44. The van der Waals surface area contributed by atoms with Crippen LogP contribution in [-0.4, -0.2) is 70.2 Å². The Balaban J connectivity index is 3.76. The molecule has 0 fully saturated rings. The SMILES string of the molecule is CCOCCN(CCNCC(F)(F)F)CCOCC. The minimum Gasteiger partial charge on any atom is -0.380 e. The van der Waals surface area contributed by atoms with Crippen molar-refractivity contribution in [3.8, 4) is 0 Å². The van der Waals surface area contributed by atoms with Crippen LogP contribution in [0, 0.1) is 0 Å². The molecule has 0 unspecified atom stereocenters. The maximum atomic E-state index is 12.0. The second-order valence-electron chi connectivity index (χ2n) is 4.03. The predicted molar refractivity (Wildman–Crippen MR) is 68.4 cm³/mol. The number of hydrogen-bond donors (Lipinski definition) is 1. The minimum atomic E-state index is -4.15. The summed E-state index contributed by atoms with van der Waals surface area (Å²) < 4.78 is 46.4. The van der Waals surface area contributed by atoms with Gasteiger partial charge in [0.1, 0.15) is 0 Å². The Hall–Kier alpha value is -0.370. The van der Waals surface area contributed by atoms with E-state index >= 15 is 0 Å². The van der Waals surface area contributed by atoms with Crippen molar-refractivity contribution in [3.63, 3.8) is 0 Å². The van der Waals surface area contributed by atoms with E-state index in [9.17, 15) is 13.2 Å². The lowest BCUT2D eigenvalue weighted by molar-refractivity contribution is -0.124. The lowest BCUT2D eigenvalue weighted by Gasteiger charge is -2.22. The van der Waals surface area contributed by atoms with Crippen molar-refractivity contribution >= 4 is 0 Å². The zero-order chi connectivity index (χ0) is 14.6. The predicted octanol–water partition coefficient (Wildman–Crippen LogP) is 1.51. The first-order valence-corrected chi connectivity index (χ1v) is 6.65. The topological polar surface area (TPSA) is 33.7 Å². The summed E-state index contributed by atoms with van der Waals surface area (Å²) in [4.78, 5) is 2.04. The molecule has 0 saturated heterocycles. The fourth-order valence-corrected chi connectivity index (χ4v) is 1.48. The summed E-state index contributed by atoms with van der Waals surface area (Å²) in [6, 6.07) is 0. The molecule has 0 bridgehead atoms. The Bertz CT molecular complexity index is 194. The Morgan fingerprint density at radius 1 is 0.947 bits per heavy atom. The Kier molecular flexibility index (Phi) is 11.2. The molecule has 0 heterocycles. The number of ether oxygens (including phenoxy) is 2. The maximum absolute atomic E-state index is 12.0. The highest BCUT2D eigenvalue weighted by Crippen LogP contribution is 2.11. The van der Waals surface area contributed by atoms with E-state index in [-0.39, 0.29) is 0 Å². The summed E-state index contributed by atoms with van der Waals surface area (Å²) in [5, 5.41) is 2.39. The lowest BCUT2D eigenvalue weighted by Crippen LogP contribution is -2.39. The highest BCUT2D eigenvalue weighted by molar-refractivity contribution is 4.62. The zero-order valence-corrected chi connectivity index (χ0v) is 11.8. The van der Waals surface area contributed by atoms with Gasteiger partial charge in [-0.2, -0.15) is 13.2 Å². The summed E-state index contributed by atoms with van der Waals surface area (Å²) >= 11 is 0. The van der Waals surface area contributed by atoms with Gasteiger partial charge < -0.3 is 14.8 Å². The lowest BCUT2D eigenvalue weighted by atomic mass is 10.4. The average Bonchev–Trinajstić information content (AvgIpc) is 2.33. The van der Waals surface area contributed by atoms with Gasteiger partial charge in [0.05, 0.1) is 19.8 Å². The molecule has 0 rings (SSSR count). The summed E-state index contributed by atoms with van der Waals surface area (Å²) in [6.07, 6.45) is -4.15. The van der Waals surface area contributed by atoms with Crippen molar-refractivity contribution in [2.75, 3.05) is 59.2 Å². The van der Waals surface area contributed by atoms with E-state index in [2.05, 4.69) is 5.32 Å². The van der Waals surface area contributed by atoms with E-state index in [0.717, 1.165) is 0 Å². The molecule has 0 aromatic rings. The smallest absolute Gasteiger partial charge is 0.380 e. The molecule has 0 atom stereocenters. The van der Waals surface area contributed by atoms with E-state index in [1.54, 1.807) is 0 Å². The van der Waals surface area contributed by atoms with Gasteiger partial charge in [-0.25, -0.2) is 0 Å². The molecule has 0 aliphatic carbocycles. The maximum Gasteiger partial charge on any atom is 0.401 e. The van der Waals surface area contributed by atoms with Crippen LogP contribution in [0.1, 0.15) is 13.8 Å². The fraction of sp³-hybridized carbons (Fsp3) is 1.00. The second kappa shape index (κ2) is 11.5. The monoisotopic (exact) mass is 286 g/mol. The number of alkyl halides is 3. The van der Waals surface area contributed by atoms with Gasteiger partial charge in [0.2, 0.25) is 0 Å². The van der Waals surface area contributed by atoms with Crippen LogP contribution >= 0.6 is 0 Å². The molecule has 0 aromatic carbocycles. The average molecular weight is 286 g/mol. The first-order chi connectivity index (χ1) is 8.99. The van der Waals surface area contributed by atoms with E-state index in [0.29, 0.717) is 52.6 Å². The van der Waals surface area contributed by atoms with E-state index < -0.39 is 12.7 Å². The standard InChI is InChI=1S/C12H25F3N2O2/c1-3-18-9-7-17(8-10-19-4-2)6-5-16-11-12(13,14)15/h16H,3-11H2,1-2H3. The van der Waals surface area contributed by atoms with Crippen LogP contribution in [0.4, 0.5) is 13.2 Å².